The molecule has 2 aromatic carbocycles. The Bertz CT molecular complexity index is 732. The Balaban J connectivity index is 1.93. The largest absolute Gasteiger partial charge is 0.325 e. The predicted molar refractivity (Wildman–Crippen MR) is 86.9 cm³/mol. The predicted octanol–water partition coefficient (Wildman–Crippen LogP) is 4.40. The molecular formula is C17H15ClN2O. The minimum absolute atomic E-state index is 0.0691. The second kappa shape index (κ2) is 5.34. The van der Waals surface area contributed by atoms with E-state index in [1.165, 1.54) is 0 Å². The van der Waals surface area contributed by atoms with Gasteiger partial charge in [-0.25, -0.2) is 0 Å². The van der Waals surface area contributed by atoms with E-state index in [-0.39, 0.29) is 11.8 Å². The molecule has 106 valence electrons. The summed E-state index contributed by atoms with van der Waals surface area (Å²) in [6.45, 7) is 4.06. The van der Waals surface area contributed by atoms with Crippen molar-refractivity contribution in [3.8, 4) is 0 Å². The number of hydrogen-bond acceptors (Lipinski definition) is 2. The third-order valence-electron chi connectivity index (χ3n) is 3.47. The van der Waals surface area contributed by atoms with Crippen molar-refractivity contribution in [1.29, 1.82) is 0 Å². The van der Waals surface area contributed by atoms with Crippen molar-refractivity contribution in [2.24, 2.45) is 4.99 Å². The van der Waals surface area contributed by atoms with Gasteiger partial charge in [0.1, 0.15) is 5.92 Å². The molecule has 0 radical (unpaired) electrons. The fourth-order valence-electron chi connectivity index (χ4n) is 2.59. The highest BCUT2D eigenvalue weighted by molar-refractivity contribution is 6.31. The number of carbonyl (C=O) groups excluding carboxylic acids is 1. The third-order valence-corrected chi connectivity index (χ3v) is 3.70. The lowest BCUT2D eigenvalue weighted by Gasteiger charge is -2.04. The van der Waals surface area contributed by atoms with Crippen molar-refractivity contribution >= 4 is 35.1 Å². The van der Waals surface area contributed by atoms with Crippen molar-refractivity contribution in [2.45, 2.75) is 19.8 Å². The first-order valence-corrected chi connectivity index (χ1v) is 7.13. The molecule has 3 nitrogen and oxygen atoms in total. The number of nitrogens with one attached hydrogen (secondary N) is 1. The zero-order chi connectivity index (χ0) is 15.0. The SMILES string of the molecule is Cc1cc(C)cc(N=CC2C(=O)Nc3ccc(Cl)cc32)c1. The van der Waals surface area contributed by atoms with E-state index in [2.05, 4.69) is 16.4 Å². The number of carbonyl (C=O) groups is 1. The zero-order valence-corrected chi connectivity index (χ0v) is 12.6. The van der Waals surface area contributed by atoms with Gasteiger partial charge < -0.3 is 5.32 Å². The average molecular weight is 299 g/mol. The summed E-state index contributed by atoms with van der Waals surface area (Å²) in [4.78, 5) is 16.5. The smallest absolute Gasteiger partial charge is 0.237 e. The summed E-state index contributed by atoms with van der Waals surface area (Å²) in [6, 6.07) is 11.5. The minimum atomic E-state index is -0.389. The van der Waals surface area contributed by atoms with Crippen LogP contribution in [0.4, 0.5) is 11.4 Å². The third kappa shape index (κ3) is 2.83. The van der Waals surface area contributed by atoms with Crippen molar-refractivity contribution < 1.29 is 4.79 Å². The standard InChI is InChI=1S/C17H15ClN2O/c1-10-5-11(2)7-13(6-10)19-9-15-14-8-12(18)3-4-16(14)20-17(15)21/h3-9,15H,1-2H3,(H,20,21). The topological polar surface area (TPSA) is 41.5 Å². The minimum Gasteiger partial charge on any atom is -0.325 e. The lowest BCUT2D eigenvalue weighted by atomic mass is 10.0. The number of halogens is 1. The van der Waals surface area contributed by atoms with Gasteiger partial charge in [-0.3, -0.25) is 9.79 Å². The molecule has 1 N–H and O–H groups in total. The van der Waals surface area contributed by atoms with Crippen molar-refractivity contribution in [3.05, 3.63) is 58.1 Å². The Labute approximate surface area is 128 Å². The Kier molecular flexibility index (Phi) is 3.52. The molecule has 0 saturated carbocycles. The number of anilines is 1. The van der Waals surface area contributed by atoms with Gasteiger partial charge in [-0.15, -0.1) is 0 Å². The molecule has 1 aliphatic rings. The van der Waals surface area contributed by atoms with E-state index < -0.39 is 0 Å². The molecule has 0 aromatic heterocycles. The quantitative estimate of drug-likeness (QED) is 0.821. The first-order valence-electron chi connectivity index (χ1n) is 6.76. The van der Waals surface area contributed by atoms with Crippen LogP contribution in [0.15, 0.2) is 41.4 Å². The Hall–Kier alpha value is -2.13. The molecule has 1 heterocycles. The van der Waals surface area contributed by atoms with Gasteiger partial charge in [0.15, 0.2) is 0 Å². The normalized spacial score (nSPS) is 17.1. The first kappa shape index (κ1) is 13.8. The van der Waals surface area contributed by atoms with Crippen LogP contribution in [0.3, 0.4) is 0 Å². The molecular weight excluding hydrogens is 284 g/mol. The number of amides is 1. The Morgan fingerprint density at radius 3 is 2.57 bits per heavy atom. The van der Waals surface area contributed by atoms with E-state index in [1.54, 1.807) is 12.3 Å². The maximum atomic E-state index is 12.1. The van der Waals surface area contributed by atoms with Gasteiger partial charge >= 0.3 is 0 Å². The van der Waals surface area contributed by atoms with Gasteiger partial charge in [-0.05, 0) is 60.9 Å². The van der Waals surface area contributed by atoms with Crippen LogP contribution in [0.5, 0.6) is 0 Å². The second-order valence-electron chi connectivity index (χ2n) is 5.32. The van der Waals surface area contributed by atoms with Gasteiger partial charge in [0.25, 0.3) is 0 Å². The number of fused-ring (bicyclic) bond motifs is 1. The van der Waals surface area contributed by atoms with E-state index >= 15 is 0 Å². The van der Waals surface area contributed by atoms with Gasteiger partial charge in [0.05, 0.1) is 5.69 Å². The summed E-state index contributed by atoms with van der Waals surface area (Å²) >= 11 is 6.01. The number of benzene rings is 2. The summed E-state index contributed by atoms with van der Waals surface area (Å²) in [5.41, 5.74) is 4.85. The molecule has 0 bridgehead atoms. The lowest BCUT2D eigenvalue weighted by Crippen LogP contribution is -2.12. The molecule has 1 atom stereocenters. The summed E-state index contributed by atoms with van der Waals surface area (Å²) < 4.78 is 0. The Morgan fingerprint density at radius 1 is 1.14 bits per heavy atom. The van der Waals surface area contributed by atoms with E-state index in [0.29, 0.717) is 5.02 Å². The van der Waals surface area contributed by atoms with Crippen LogP contribution in [0, 0.1) is 13.8 Å². The monoisotopic (exact) mass is 298 g/mol. The molecule has 0 aliphatic carbocycles. The zero-order valence-electron chi connectivity index (χ0n) is 11.9. The molecule has 2 aromatic rings. The summed E-state index contributed by atoms with van der Waals surface area (Å²) in [5, 5.41) is 3.47. The van der Waals surface area contributed by atoms with Crippen molar-refractivity contribution in [3.63, 3.8) is 0 Å². The highest BCUT2D eigenvalue weighted by atomic mass is 35.5. The average Bonchev–Trinajstić information content (AvgIpc) is 2.70. The summed E-state index contributed by atoms with van der Waals surface area (Å²) in [6.07, 6.45) is 1.69. The summed E-state index contributed by atoms with van der Waals surface area (Å²) in [7, 11) is 0. The molecule has 0 saturated heterocycles. The molecule has 4 heteroatoms. The van der Waals surface area contributed by atoms with Crippen LogP contribution in [0.2, 0.25) is 5.02 Å². The van der Waals surface area contributed by atoms with Gasteiger partial charge in [-0.1, -0.05) is 17.7 Å². The van der Waals surface area contributed by atoms with Crippen LogP contribution in [-0.4, -0.2) is 12.1 Å². The van der Waals surface area contributed by atoms with Crippen LogP contribution < -0.4 is 5.32 Å². The maximum absolute atomic E-state index is 12.1. The van der Waals surface area contributed by atoms with Crippen molar-refractivity contribution in [2.75, 3.05) is 5.32 Å². The van der Waals surface area contributed by atoms with Crippen molar-refractivity contribution in [1.82, 2.24) is 0 Å². The Morgan fingerprint density at radius 2 is 1.86 bits per heavy atom. The highest BCUT2D eigenvalue weighted by Crippen LogP contribution is 2.33. The van der Waals surface area contributed by atoms with Gasteiger partial charge in [-0.2, -0.15) is 0 Å². The van der Waals surface area contributed by atoms with E-state index in [4.69, 9.17) is 11.6 Å². The second-order valence-corrected chi connectivity index (χ2v) is 5.76. The van der Waals surface area contributed by atoms with E-state index in [0.717, 1.165) is 28.1 Å². The molecule has 1 aliphatic heterocycles. The molecule has 21 heavy (non-hydrogen) atoms. The number of aliphatic imine (C=N–C) groups is 1. The fraction of sp³-hybridized carbons (Fsp3) is 0.176. The molecule has 1 amide bonds. The number of aryl methyl sites for hydroxylation is 2. The van der Waals surface area contributed by atoms with Crippen LogP contribution in [0.25, 0.3) is 0 Å². The van der Waals surface area contributed by atoms with Crippen LogP contribution in [0.1, 0.15) is 22.6 Å². The highest BCUT2D eigenvalue weighted by Gasteiger charge is 2.29. The van der Waals surface area contributed by atoms with Crippen LogP contribution in [-0.2, 0) is 4.79 Å². The van der Waals surface area contributed by atoms with Crippen LogP contribution >= 0.6 is 11.6 Å². The molecule has 3 rings (SSSR count). The molecule has 0 spiro atoms. The maximum Gasteiger partial charge on any atom is 0.237 e. The van der Waals surface area contributed by atoms with E-state index in [9.17, 15) is 4.79 Å². The number of nitrogens with zero attached hydrogens (tertiary/aromatic N) is 1. The van der Waals surface area contributed by atoms with Gasteiger partial charge in [0.2, 0.25) is 5.91 Å². The molecule has 0 fully saturated rings. The van der Waals surface area contributed by atoms with Gasteiger partial charge in [0, 0.05) is 16.9 Å². The first-order chi connectivity index (χ1) is 10.0. The number of hydrogen-bond donors (Lipinski definition) is 1. The van der Waals surface area contributed by atoms with E-state index in [1.807, 2.05) is 38.1 Å². The summed E-state index contributed by atoms with van der Waals surface area (Å²) in [5.74, 6) is -0.458. The molecule has 1 unspecified atom stereocenters. The number of rotatable bonds is 2. The fourth-order valence-corrected chi connectivity index (χ4v) is 2.77. The lowest BCUT2D eigenvalue weighted by molar-refractivity contribution is -0.115.